The molecule has 2 heteroatoms. The summed E-state index contributed by atoms with van der Waals surface area (Å²) in [4.78, 5) is 2.54. The van der Waals surface area contributed by atoms with Gasteiger partial charge in [0.2, 0.25) is 6.34 Å². The summed E-state index contributed by atoms with van der Waals surface area (Å²) >= 11 is 0. The van der Waals surface area contributed by atoms with Crippen LogP contribution in [0, 0.1) is 5.92 Å². The predicted molar refractivity (Wildman–Crippen MR) is 69.1 cm³/mol. The molecule has 2 heterocycles. The van der Waals surface area contributed by atoms with Crippen LogP contribution in [0.15, 0.2) is 0 Å². The fourth-order valence-corrected chi connectivity index (χ4v) is 2.96. The van der Waals surface area contributed by atoms with E-state index < -0.39 is 0 Å². The van der Waals surface area contributed by atoms with Crippen LogP contribution in [0.5, 0.6) is 0 Å². The van der Waals surface area contributed by atoms with E-state index >= 15 is 0 Å². The first-order valence-corrected chi connectivity index (χ1v) is 7.18. The maximum atomic E-state index is 2.55. The molecule has 0 saturated carbocycles. The SMILES string of the molecule is C[C@H]1CCCCCCCN2C=[N+](CCC2)C1. The summed E-state index contributed by atoms with van der Waals surface area (Å²) in [7, 11) is 0. The standard InChI is InChI=1S/C14H27N2/c1-14-8-5-3-2-4-6-9-15-10-7-11-16(12-14)13-15/h13-14H,2-12H2,1H3/q+1/t14-/m0/s1. The van der Waals surface area contributed by atoms with Crippen molar-refractivity contribution in [2.75, 3.05) is 26.2 Å². The van der Waals surface area contributed by atoms with Crippen LogP contribution in [0.2, 0.25) is 0 Å². The van der Waals surface area contributed by atoms with Gasteiger partial charge in [0.05, 0.1) is 26.2 Å². The molecule has 92 valence electrons. The topological polar surface area (TPSA) is 6.25 Å². The lowest BCUT2D eigenvalue weighted by atomic mass is 10.0. The summed E-state index contributed by atoms with van der Waals surface area (Å²) in [5, 5.41) is 0. The van der Waals surface area contributed by atoms with Crippen LogP contribution in [0.25, 0.3) is 0 Å². The third-order valence-electron chi connectivity index (χ3n) is 3.91. The molecule has 0 fully saturated rings. The fraction of sp³-hybridized carbons (Fsp3) is 0.929. The van der Waals surface area contributed by atoms with Crippen molar-refractivity contribution in [3.05, 3.63) is 0 Å². The van der Waals surface area contributed by atoms with E-state index in [1.165, 1.54) is 71.1 Å². The lowest BCUT2D eigenvalue weighted by molar-refractivity contribution is -0.539. The molecular weight excluding hydrogens is 196 g/mol. The van der Waals surface area contributed by atoms with Crippen molar-refractivity contribution in [2.24, 2.45) is 5.92 Å². The molecule has 2 bridgehead atoms. The minimum atomic E-state index is 0.871. The summed E-state index contributed by atoms with van der Waals surface area (Å²) < 4.78 is 2.55. The van der Waals surface area contributed by atoms with Crippen molar-refractivity contribution in [1.29, 1.82) is 0 Å². The second-order valence-corrected chi connectivity index (χ2v) is 5.66. The van der Waals surface area contributed by atoms with Crippen LogP contribution in [-0.2, 0) is 0 Å². The van der Waals surface area contributed by atoms with Crippen LogP contribution in [0.4, 0.5) is 0 Å². The molecule has 0 aromatic rings. The summed E-state index contributed by atoms with van der Waals surface area (Å²) in [5.41, 5.74) is 0. The Balaban J connectivity index is 1.94. The predicted octanol–water partition coefficient (Wildman–Crippen LogP) is 2.72. The van der Waals surface area contributed by atoms with Gasteiger partial charge in [0.1, 0.15) is 0 Å². The highest BCUT2D eigenvalue weighted by Crippen LogP contribution is 2.14. The van der Waals surface area contributed by atoms with Crippen LogP contribution >= 0.6 is 0 Å². The average molecular weight is 223 g/mol. The van der Waals surface area contributed by atoms with E-state index in [2.05, 4.69) is 22.7 Å². The Labute approximate surface area is 100 Å². The molecule has 2 aliphatic rings. The Morgan fingerprint density at radius 2 is 1.75 bits per heavy atom. The molecule has 0 unspecified atom stereocenters. The van der Waals surface area contributed by atoms with E-state index in [1.807, 2.05) is 0 Å². The van der Waals surface area contributed by atoms with Gasteiger partial charge in [0.15, 0.2) is 0 Å². The zero-order valence-corrected chi connectivity index (χ0v) is 10.8. The average Bonchev–Trinajstić information content (AvgIpc) is 2.27. The zero-order valence-electron chi connectivity index (χ0n) is 10.8. The second kappa shape index (κ2) is 6.27. The van der Waals surface area contributed by atoms with E-state index in [4.69, 9.17) is 0 Å². The van der Waals surface area contributed by atoms with Crippen molar-refractivity contribution < 1.29 is 4.58 Å². The molecule has 16 heavy (non-hydrogen) atoms. The second-order valence-electron chi connectivity index (χ2n) is 5.66. The summed E-state index contributed by atoms with van der Waals surface area (Å²) in [6.45, 7) is 7.53. The highest BCUT2D eigenvalue weighted by molar-refractivity contribution is 5.49. The molecule has 0 saturated heterocycles. The maximum Gasteiger partial charge on any atom is 0.234 e. The first-order valence-electron chi connectivity index (χ1n) is 7.18. The zero-order chi connectivity index (χ0) is 11.2. The Hall–Kier alpha value is -0.530. The van der Waals surface area contributed by atoms with Gasteiger partial charge in [-0.1, -0.05) is 26.2 Å². The Bertz CT molecular complexity index is 235. The van der Waals surface area contributed by atoms with Crippen LogP contribution in [-0.4, -0.2) is 42.0 Å². The Morgan fingerprint density at radius 1 is 1.00 bits per heavy atom. The van der Waals surface area contributed by atoms with Gasteiger partial charge in [0.25, 0.3) is 0 Å². The van der Waals surface area contributed by atoms with Gasteiger partial charge in [-0.15, -0.1) is 0 Å². The number of hydrogen-bond donors (Lipinski definition) is 0. The molecule has 0 aromatic heterocycles. The van der Waals surface area contributed by atoms with Crippen molar-refractivity contribution in [2.45, 2.75) is 51.9 Å². The molecule has 0 N–H and O–H groups in total. The molecule has 2 rings (SSSR count). The molecule has 2 aliphatic heterocycles. The monoisotopic (exact) mass is 223 g/mol. The quantitative estimate of drug-likeness (QED) is 0.572. The van der Waals surface area contributed by atoms with E-state index in [0.29, 0.717) is 0 Å². The van der Waals surface area contributed by atoms with Crippen molar-refractivity contribution in [3.63, 3.8) is 0 Å². The van der Waals surface area contributed by atoms with Gasteiger partial charge in [-0.25, -0.2) is 0 Å². The largest absolute Gasteiger partial charge is 0.268 e. The number of rotatable bonds is 0. The first kappa shape index (κ1) is 11.9. The van der Waals surface area contributed by atoms with E-state index in [-0.39, 0.29) is 0 Å². The van der Waals surface area contributed by atoms with Crippen molar-refractivity contribution in [1.82, 2.24) is 4.90 Å². The van der Waals surface area contributed by atoms with E-state index in [0.717, 1.165) is 5.92 Å². The smallest absolute Gasteiger partial charge is 0.234 e. The van der Waals surface area contributed by atoms with Crippen molar-refractivity contribution in [3.8, 4) is 0 Å². The molecule has 0 amide bonds. The highest BCUT2D eigenvalue weighted by Gasteiger charge is 2.18. The fourth-order valence-electron chi connectivity index (χ4n) is 2.96. The van der Waals surface area contributed by atoms with Gasteiger partial charge in [-0.05, 0) is 25.2 Å². The molecular formula is C14H27N2+. The van der Waals surface area contributed by atoms with Crippen LogP contribution < -0.4 is 0 Å². The first-order chi connectivity index (χ1) is 7.84. The number of nitrogens with zero attached hydrogens (tertiary/aromatic N) is 2. The molecule has 0 aliphatic carbocycles. The van der Waals surface area contributed by atoms with Gasteiger partial charge in [-0.3, -0.25) is 9.48 Å². The summed E-state index contributed by atoms with van der Waals surface area (Å²) in [5.74, 6) is 0.871. The Morgan fingerprint density at radius 3 is 2.69 bits per heavy atom. The number of fused-ring (bicyclic) bond motifs is 1. The Kier molecular flexibility index (Phi) is 4.68. The van der Waals surface area contributed by atoms with E-state index in [1.54, 1.807) is 0 Å². The molecule has 0 radical (unpaired) electrons. The molecule has 2 nitrogen and oxygen atoms in total. The van der Waals surface area contributed by atoms with Crippen LogP contribution in [0.1, 0.15) is 51.9 Å². The van der Waals surface area contributed by atoms with Gasteiger partial charge in [-0.2, -0.15) is 0 Å². The molecule has 0 spiro atoms. The third kappa shape index (κ3) is 3.80. The lowest BCUT2D eigenvalue weighted by Crippen LogP contribution is -2.38. The molecule has 0 aromatic carbocycles. The molecule has 1 atom stereocenters. The summed E-state index contributed by atoms with van der Waals surface area (Å²) in [6, 6.07) is 0. The van der Waals surface area contributed by atoms with E-state index in [9.17, 15) is 0 Å². The van der Waals surface area contributed by atoms with Gasteiger partial charge in [0, 0.05) is 6.42 Å². The van der Waals surface area contributed by atoms with Crippen molar-refractivity contribution >= 4 is 6.34 Å². The van der Waals surface area contributed by atoms with Gasteiger partial charge < -0.3 is 0 Å². The third-order valence-corrected chi connectivity index (χ3v) is 3.91. The highest BCUT2D eigenvalue weighted by atomic mass is 15.2. The summed E-state index contributed by atoms with van der Waals surface area (Å²) in [6.07, 6.45) is 12.3. The maximum absolute atomic E-state index is 2.55. The minimum Gasteiger partial charge on any atom is -0.268 e. The van der Waals surface area contributed by atoms with Gasteiger partial charge >= 0.3 is 0 Å². The number of hydrogen-bond acceptors (Lipinski definition) is 1. The lowest BCUT2D eigenvalue weighted by Gasteiger charge is -2.23. The normalized spacial score (nSPS) is 28.9. The minimum absolute atomic E-state index is 0.871. The van der Waals surface area contributed by atoms with Crippen LogP contribution in [0.3, 0.4) is 0 Å².